The Kier molecular flexibility index (Phi) is 5.08. The van der Waals surface area contributed by atoms with Crippen LogP contribution >= 0.6 is 7.82 Å². The Labute approximate surface area is 70.2 Å². The van der Waals surface area contributed by atoms with Crippen LogP contribution in [0.5, 0.6) is 0 Å². The second-order valence-electron chi connectivity index (χ2n) is 1.95. The SMILES string of the molecule is CCC(=N)OCCOP(=O)(O)O. The molecule has 0 aliphatic rings. The number of nitrogens with one attached hydrogen (secondary N) is 1. The van der Waals surface area contributed by atoms with Crippen molar-refractivity contribution in [3.8, 4) is 0 Å². The molecule has 0 heterocycles. The zero-order chi connectivity index (χ0) is 9.61. The summed E-state index contributed by atoms with van der Waals surface area (Å²) < 4.78 is 18.9. The Bertz CT molecular complexity index is 188. The van der Waals surface area contributed by atoms with Gasteiger partial charge in [0, 0.05) is 6.42 Å². The minimum Gasteiger partial charge on any atom is -0.479 e. The fourth-order valence-electron chi connectivity index (χ4n) is 0.423. The lowest BCUT2D eigenvalue weighted by atomic mass is 10.5. The number of hydrogen-bond acceptors (Lipinski definition) is 4. The number of rotatable bonds is 5. The molecule has 0 aromatic heterocycles. The van der Waals surface area contributed by atoms with Gasteiger partial charge in [-0.15, -0.1) is 0 Å². The molecule has 0 spiro atoms. The third-order valence-electron chi connectivity index (χ3n) is 0.940. The van der Waals surface area contributed by atoms with Gasteiger partial charge < -0.3 is 14.5 Å². The smallest absolute Gasteiger partial charge is 0.469 e. The first-order chi connectivity index (χ1) is 5.45. The van der Waals surface area contributed by atoms with Crippen LogP contribution in [-0.4, -0.2) is 28.9 Å². The summed E-state index contributed by atoms with van der Waals surface area (Å²) in [6.07, 6.45) is 0.454. The molecule has 0 fully saturated rings. The molecule has 0 rings (SSSR count). The van der Waals surface area contributed by atoms with E-state index in [2.05, 4.69) is 4.52 Å². The molecule has 0 atom stereocenters. The normalized spacial score (nSPS) is 11.2. The second-order valence-corrected chi connectivity index (χ2v) is 3.19. The average molecular weight is 197 g/mol. The van der Waals surface area contributed by atoms with Crippen molar-refractivity contribution in [3.05, 3.63) is 0 Å². The zero-order valence-electron chi connectivity index (χ0n) is 6.69. The molecule has 0 bridgehead atoms. The van der Waals surface area contributed by atoms with E-state index in [0.29, 0.717) is 6.42 Å². The van der Waals surface area contributed by atoms with Crippen molar-refractivity contribution in [1.82, 2.24) is 0 Å². The Balaban J connectivity index is 3.34. The van der Waals surface area contributed by atoms with E-state index < -0.39 is 7.82 Å². The Morgan fingerprint density at radius 3 is 2.50 bits per heavy atom. The van der Waals surface area contributed by atoms with E-state index in [4.69, 9.17) is 19.9 Å². The van der Waals surface area contributed by atoms with E-state index in [0.717, 1.165) is 0 Å². The van der Waals surface area contributed by atoms with Crippen molar-refractivity contribution in [3.63, 3.8) is 0 Å². The van der Waals surface area contributed by atoms with Crippen molar-refractivity contribution in [2.45, 2.75) is 13.3 Å². The first kappa shape index (κ1) is 11.6. The summed E-state index contributed by atoms with van der Waals surface area (Å²) in [5.41, 5.74) is 0. The molecule has 0 aromatic carbocycles. The van der Waals surface area contributed by atoms with Crippen molar-refractivity contribution in [2.24, 2.45) is 0 Å². The molecule has 0 aliphatic heterocycles. The Hall–Kier alpha value is -0.420. The highest BCUT2D eigenvalue weighted by molar-refractivity contribution is 7.46. The van der Waals surface area contributed by atoms with Crippen LogP contribution in [0, 0.1) is 5.41 Å². The summed E-state index contributed by atoms with van der Waals surface area (Å²) in [4.78, 5) is 16.4. The van der Waals surface area contributed by atoms with Crippen molar-refractivity contribution < 1.29 is 23.6 Å². The number of phosphoric ester groups is 1. The van der Waals surface area contributed by atoms with E-state index in [1.807, 2.05) is 0 Å². The molecule has 0 saturated carbocycles. The second kappa shape index (κ2) is 5.27. The van der Waals surface area contributed by atoms with Gasteiger partial charge in [0.05, 0.1) is 6.61 Å². The summed E-state index contributed by atoms with van der Waals surface area (Å²) in [6, 6.07) is 0. The van der Waals surface area contributed by atoms with Crippen LogP contribution in [-0.2, 0) is 13.8 Å². The van der Waals surface area contributed by atoms with E-state index in [1.165, 1.54) is 0 Å². The van der Waals surface area contributed by atoms with E-state index in [9.17, 15) is 4.57 Å². The van der Waals surface area contributed by atoms with E-state index in [1.54, 1.807) is 6.92 Å². The molecule has 6 nitrogen and oxygen atoms in total. The standard InChI is InChI=1S/C5H12NO5P/c1-2-5(6)10-3-4-11-12(7,8)9/h6H,2-4H2,1H3,(H2,7,8,9). The molecular weight excluding hydrogens is 185 g/mol. The Morgan fingerprint density at radius 1 is 1.50 bits per heavy atom. The minimum absolute atomic E-state index is 0.0161. The summed E-state index contributed by atoms with van der Waals surface area (Å²) >= 11 is 0. The minimum atomic E-state index is -4.38. The molecule has 12 heavy (non-hydrogen) atoms. The molecule has 7 heteroatoms. The number of hydrogen-bond donors (Lipinski definition) is 3. The number of ether oxygens (including phenoxy) is 1. The Morgan fingerprint density at radius 2 is 2.08 bits per heavy atom. The molecular formula is C5H12NO5P. The fourth-order valence-corrected chi connectivity index (χ4v) is 0.735. The molecule has 0 amide bonds. The van der Waals surface area contributed by atoms with Gasteiger partial charge in [-0.05, 0) is 0 Å². The lowest BCUT2D eigenvalue weighted by molar-refractivity contribution is 0.154. The van der Waals surface area contributed by atoms with E-state index in [-0.39, 0.29) is 19.1 Å². The molecule has 0 aliphatic carbocycles. The van der Waals surface area contributed by atoms with Gasteiger partial charge in [0.1, 0.15) is 6.61 Å². The van der Waals surface area contributed by atoms with Crippen LogP contribution in [0.4, 0.5) is 0 Å². The van der Waals surface area contributed by atoms with Crippen LogP contribution in [0.25, 0.3) is 0 Å². The third-order valence-corrected chi connectivity index (χ3v) is 1.46. The maximum absolute atomic E-state index is 10.1. The fraction of sp³-hybridized carbons (Fsp3) is 0.800. The quantitative estimate of drug-likeness (QED) is 0.258. The van der Waals surface area contributed by atoms with E-state index >= 15 is 0 Å². The first-order valence-corrected chi connectivity index (χ1v) is 4.89. The van der Waals surface area contributed by atoms with Crippen LogP contribution in [0.2, 0.25) is 0 Å². The topological polar surface area (TPSA) is 99.8 Å². The lowest BCUT2D eigenvalue weighted by Crippen LogP contribution is -2.07. The van der Waals surface area contributed by atoms with Gasteiger partial charge in [-0.2, -0.15) is 0 Å². The van der Waals surface area contributed by atoms with Gasteiger partial charge in [0.15, 0.2) is 5.90 Å². The average Bonchev–Trinajstić information content (AvgIpc) is 1.96. The summed E-state index contributed by atoms with van der Waals surface area (Å²) in [7, 11) is -4.38. The first-order valence-electron chi connectivity index (χ1n) is 3.36. The summed E-state index contributed by atoms with van der Waals surface area (Å²) in [5.74, 6) is 0.0734. The maximum atomic E-state index is 10.1. The van der Waals surface area contributed by atoms with Crippen molar-refractivity contribution >= 4 is 13.7 Å². The van der Waals surface area contributed by atoms with Gasteiger partial charge in [-0.25, -0.2) is 4.57 Å². The van der Waals surface area contributed by atoms with Crippen LogP contribution < -0.4 is 0 Å². The lowest BCUT2D eigenvalue weighted by Gasteiger charge is -2.06. The molecule has 0 radical (unpaired) electrons. The third kappa shape index (κ3) is 7.68. The van der Waals surface area contributed by atoms with Gasteiger partial charge in [-0.1, -0.05) is 6.92 Å². The predicted molar refractivity (Wildman–Crippen MR) is 42.0 cm³/mol. The molecule has 72 valence electrons. The van der Waals surface area contributed by atoms with Crippen molar-refractivity contribution in [1.29, 1.82) is 5.41 Å². The largest absolute Gasteiger partial charge is 0.479 e. The zero-order valence-corrected chi connectivity index (χ0v) is 7.58. The van der Waals surface area contributed by atoms with Crippen LogP contribution in [0.15, 0.2) is 0 Å². The molecule has 0 saturated heterocycles. The predicted octanol–water partition coefficient (Wildman–Crippen LogP) is 0.500. The highest BCUT2D eigenvalue weighted by atomic mass is 31.2. The van der Waals surface area contributed by atoms with Crippen LogP contribution in [0.3, 0.4) is 0 Å². The summed E-state index contributed by atoms with van der Waals surface area (Å²) in [5, 5.41) is 7.00. The monoisotopic (exact) mass is 197 g/mol. The molecule has 3 N–H and O–H groups in total. The van der Waals surface area contributed by atoms with Gasteiger partial charge >= 0.3 is 7.82 Å². The van der Waals surface area contributed by atoms with Crippen molar-refractivity contribution in [2.75, 3.05) is 13.2 Å². The highest BCUT2D eigenvalue weighted by Crippen LogP contribution is 2.35. The number of phosphoric acid groups is 1. The molecule has 0 aromatic rings. The maximum Gasteiger partial charge on any atom is 0.469 e. The van der Waals surface area contributed by atoms with Gasteiger partial charge in [0.2, 0.25) is 0 Å². The molecule has 0 unspecified atom stereocenters. The van der Waals surface area contributed by atoms with Gasteiger partial charge in [-0.3, -0.25) is 9.93 Å². The van der Waals surface area contributed by atoms with Gasteiger partial charge in [0.25, 0.3) is 0 Å². The van der Waals surface area contributed by atoms with Crippen LogP contribution in [0.1, 0.15) is 13.3 Å². The highest BCUT2D eigenvalue weighted by Gasteiger charge is 2.12. The summed E-state index contributed by atoms with van der Waals surface area (Å²) in [6.45, 7) is 1.51.